The molecule has 0 aromatic carbocycles. The summed E-state index contributed by atoms with van der Waals surface area (Å²) in [4.78, 5) is 7.19. The van der Waals surface area contributed by atoms with Crippen molar-refractivity contribution in [3.8, 4) is 10.8 Å². The monoisotopic (exact) mass is 325 g/mol. The Morgan fingerprint density at radius 2 is 1.90 bits per heavy atom. The van der Waals surface area contributed by atoms with E-state index in [4.69, 9.17) is 10.3 Å². The second-order valence-electron chi connectivity index (χ2n) is 6.05. The van der Waals surface area contributed by atoms with Crippen LogP contribution in [0.1, 0.15) is 54.8 Å². The first kappa shape index (κ1) is 15.0. The molecule has 21 heavy (non-hydrogen) atoms. The van der Waals surface area contributed by atoms with Crippen molar-refractivity contribution >= 4 is 23.7 Å². The van der Waals surface area contributed by atoms with Crippen molar-refractivity contribution in [2.24, 2.45) is 5.73 Å². The van der Waals surface area contributed by atoms with Gasteiger partial charge in [-0.25, -0.2) is 0 Å². The Balaban J connectivity index is 0.00000132. The molecule has 2 N–H and O–H groups in total. The number of nitrogens with zero attached hydrogens (tertiary/aromatic N) is 2. The van der Waals surface area contributed by atoms with Gasteiger partial charge in [0.1, 0.15) is 0 Å². The lowest BCUT2D eigenvalue weighted by Gasteiger charge is -2.17. The molecule has 4 rings (SSSR count). The smallest absolute Gasteiger partial charge is 0.268 e. The maximum atomic E-state index is 6.39. The summed E-state index contributed by atoms with van der Waals surface area (Å²) in [5.41, 5.74) is 7.50. The van der Waals surface area contributed by atoms with Gasteiger partial charge in [0.15, 0.2) is 5.82 Å². The predicted octanol–water partition coefficient (Wildman–Crippen LogP) is 3.83. The van der Waals surface area contributed by atoms with E-state index < -0.39 is 0 Å². The van der Waals surface area contributed by atoms with Gasteiger partial charge in [0.2, 0.25) is 0 Å². The normalized spacial score (nSPS) is 20.0. The fraction of sp³-hybridized carbons (Fsp3) is 0.600. The summed E-state index contributed by atoms with van der Waals surface area (Å²) in [5.74, 6) is 1.34. The number of aryl methyl sites for hydroxylation is 2. The summed E-state index contributed by atoms with van der Waals surface area (Å²) in [6.07, 6.45) is 9.23. The Morgan fingerprint density at radius 1 is 1.14 bits per heavy atom. The molecule has 4 nitrogen and oxygen atoms in total. The minimum Gasteiger partial charge on any atom is -0.333 e. The minimum absolute atomic E-state index is 0. The van der Waals surface area contributed by atoms with Gasteiger partial charge in [0.25, 0.3) is 5.89 Å². The van der Waals surface area contributed by atoms with E-state index in [1.807, 2.05) is 0 Å². The highest BCUT2D eigenvalue weighted by atomic mass is 35.5. The molecular weight excluding hydrogens is 306 g/mol. The highest BCUT2D eigenvalue weighted by Crippen LogP contribution is 2.38. The third-order valence-electron chi connectivity index (χ3n) is 4.57. The molecule has 0 atom stereocenters. The quantitative estimate of drug-likeness (QED) is 0.911. The van der Waals surface area contributed by atoms with E-state index in [0.29, 0.717) is 11.7 Å². The number of hydrogen-bond acceptors (Lipinski definition) is 5. The molecule has 0 amide bonds. The highest BCUT2D eigenvalue weighted by molar-refractivity contribution is 7.15. The van der Waals surface area contributed by atoms with Gasteiger partial charge < -0.3 is 10.3 Å². The van der Waals surface area contributed by atoms with Gasteiger partial charge in [0.05, 0.1) is 10.4 Å². The second kappa shape index (κ2) is 5.71. The lowest BCUT2D eigenvalue weighted by Crippen LogP contribution is -2.34. The first-order valence-corrected chi connectivity index (χ1v) is 8.31. The van der Waals surface area contributed by atoms with Gasteiger partial charge in [-0.05, 0) is 50.2 Å². The van der Waals surface area contributed by atoms with Crippen LogP contribution in [0.15, 0.2) is 10.6 Å². The summed E-state index contributed by atoms with van der Waals surface area (Å²) in [6, 6.07) is 2.23. The Morgan fingerprint density at radius 3 is 2.67 bits per heavy atom. The van der Waals surface area contributed by atoms with Gasteiger partial charge in [-0.2, -0.15) is 4.98 Å². The average Bonchev–Trinajstić information content (AvgIpc) is 3.17. The van der Waals surface area contributed by atoms with Gasteiger partial charge in [-0.3, -0.25) is 0 Å². The van der Waals surface area contributed by atoms with Crippen LogP contribution in [0.5, 0.6) is 0 Å². The minimum atomic E-state index is -0.362. The number of nitrogens with two attached hydrogens (primary N) is 1. The summed E-state index contributed by atoms with van der Waals surface area (Å²) >= 11 is 1.81. The summed E-state index contributed by atoms with van der Waals surface area (Å²) in [7, 11) is 0. The summed E-state index contributed by atoms with van der Waals surface area (Å²) in [6.45, 7) is 0. The molecular formula is C15H20ClN3OS. The molecule has 2 aromatic rings. The van der Waals surface area contributed by atoms with Crippen LogP contribution in [-0.4, -0.2) is 10.1 Å². The van der Waals surface area contributed by atoms with Crippen LogP contribution in [-0.2, 0) is 18.4 Å². The molecule has 114 valence electrons. The SMILES string of the molecule is Cl.NC1(c2noc(-c3cc4c(s3)CCCC4)n2)CCCC1. The maximum Gasteiger partial charge on any atom is 0.268 e. The first-order chi connectivity index (χ1) is 9.74. The number of fused-ring (bicyclic) bond motifs is 1. The van der Waals surface area contributed by atoms with Crippen LogP contribution in [0.2, 0.25) is 0 Å². The molecule has 1 saturated carbocycles. The summed E-state index contributed by atoms with van der Waals surface area (Å²) in [5, 5.41) is 4.15. The van der Waals surface area contributed by atoms with Gasteiger partial charge in [-0.15, -0.1) is 23.7 Å². The zero-order chi connectivity index (χ0) is 13.6. The molecule has 0 unspecified atom stereocenters. The van der Waals surface area contributed by atoms with Crippen LogP contribution in [0.4, 0.5) is 0 Å². The third kappa shape index (κ3) is 2.62. The van der Waals surface area contributed by atoms with Crippen molar-refractivity contribution < 1.29 is 4.52 Å². The van der Waals surface area contributed by atoms with E-state index in [1.165, 1.54) is 36.1 Å². The molecule has 2 aliphatic carbocycles. The number of aromatic nitrogens is 2. The highest BCUT2D eigenvalue weighted by Gasteiger charge is 2.36. The van der Waals surface area contributed by atoms with Crippen molar-refractivity contribution in [3.05, 3.63) is 22.3 Å². The van der Waals surface area contributed by atoms with E-state index in [-0.39, 0.29) is 17.9 Å². The Labute approximate surface area is 134 Å². The lowest BCUT2D eigenvalue weighted by molar-refractivity contribution is 0.373. The van der Waals surface area contributed by atoms with Crippen molar-refractivity contribution in [2.75, 3.05) is 0 Å². The molecule has 0 aliphatic heterocycles. The zero-order valence-corrected chi connectivity index (χ0v) is 13.6. The zero-order valence-electron chi connectivity index (χ0n) is 11.9. The van der Waals surface area contributed by atoms with Crippen LogP contribution >= 0.6 is 23.7 Å². The van der Waals surface area contributed by atoms with Crippen molar-refractivity contribution in [1.82, 2.24) is 10.1 Å². The predicted molar refractivity (Wildman–Crippen MR) is 85.8 cm³/mol. The van der Waals surface area contributed by atoms with Crippen LogP contribution in [0.25, 0.3) is 10.8 Å². The van der Waals surface area contributed by atoms with Gasteiger partial charge in [-0.1, -0.05) is 18.0 Å². The standard InChI is InChI=1S/C15H19N3OS.ClH/c16-15(7-3-4-8-15)14-17-13(19-18-14)12-9-10-5-1-2-6-11(10)20-12;/h9H,1-8,16H2;1H. The van der Waals surface area contributed by atoms with E-state index >= 15 is 0 Å². The van der Waals surface area contributed by atoms with Gasteiger partial charge in [0, 0.05) is 4.88 Å². The fourth-order valence-electron chi connectivity index (χ4n) is 3.35. The molecule has 2 heterocycles. The molecule has 0 radical (unpaired) electrons. The van der Waals surface area contributed by atoms with E-state index in [9.17, 15) is 0 Å². The lowest BCUT2D eigenvalue weighted by atomic mass is 9.98. The molecule has 2 aliphatic rings. The largest absolute Gasteiger partial charge is 0.333 e. The molecule has 0 spiro atoms. The van der Waals surface area contributed by atoms with E-state index in [0.717, 1.165) is 30.6 Å². The van der Waals surface area contributed by atoms with E-state index in [1.54, 1.807) is 11.3 Å². The van der Waals surface area contributed by atoms with Crippen LogP contribution < -0.4 is 5.73 Å². The molecule has 2 aromatic heterocycles. The Kier molecular flexibility index (Phi) is 4.08. The number of rotatable bonds is 2. The van der Waals surface area contributed by atoms with Crippen LogP contribution in [0.3, 0.4) is 0 Å². The number of thiophene rings is 1. The van der Waals surface area contributed by atoms with Crippen molar-refractivity contribution in [3.63, 3.8) is 0 Å². The molecule has 1 fully saturated rings. The topological polar surface area (TPSA) is 64.9 Å². The van der Waals surface area contributed by atoms with E-state index in [2.05, 4.69) is 16.2 Å². The fourth-order valence-corrected chi connectivity index (χ4v) is 4.53. The Bertz CT molecular complexity index is 607. The van der Waals surface area contributed by atoms with Crippen LogP contribution in [0, 0.1) is 0 Å². The average molecular weight is 326 g/mol. The first-order valence-electron chi connectivity index (χ1n) is 7.50. The molecule has 0 bridgehead atoms. The third-order valence-corrected chi connectivity index (χ3v) is 5.80. The number of hydrogen-bond donors (Lipinski definition) is 1. The molecule has 6 heteroatoms. The summed E-state index contributed by atoms with van der Waals surface area (Å²) < 4.78 is 5.48. The second-order valence-corrected chi connectivity index (χ2v) is 7.19. The Hall–Kier alpha value is -0.910. The molecule has 0 saturated heterocycles. The van der Waals surface area contributed by atoms with Gasteiger partial charge >= 0.3 is 0 Å². The van der Waals surface area contributed by atoms with Crippen molar-refractivity contribution in [2.45, 2.75) is 56.9 Å². The number of halogens is 1. The maximum absolute atomic E-state index is 6.39. The van der Waals surface area contributed by atoms with Crippen molar-refractivity contribution in [1.29, 1.82) is 0 Å².